The number of nitrogens with one attached hydrogen (secondary N) is 2. The highest BCUT2D eigenvalue weighted by atomic mass is 32.2. The second-order valence-electron chi connectivity index (χ2n) is 7.85. The van der Waals surface area contributed by atoms with Crippen molar-refractivity contribution in [1.82, 2.24) is 10.3 Å². The molecule has 2 aromatic rings. The van der Waals surface area contributed by atoms with Gasteiger partial charge >= 0.3 is 6.61 Å². The van der Waals surface area contributed by atoms with E-state index in [2.05, 4.69) is 20.6 Å². The first-order chi connectivity index (χ1) is 16.5. The molecule has 2 aromatic carbocycles. The summed E-state index contributed by atoms with van der Waals surface area (Å²) >= 11 is 6.61. The number of rotatable bonds is 6. The van der Waals surface area contributed by atoms with E-state index in [0.29, 0.717) is 20.7 Å². The van der Waals surface area contributed by atoms with Crippen LogP contribution in [0.5, 0.6) is 5.75 Å². The van der Waals surface area contributed by atoms with Gasteiger partial charge in [0.15, 0.2) is 10.3 Å². The second kappa shape index (κ2) is 11.4. The van der Waals surface area contributed by atoms with Gasteiger partial charge in [-0.1, -0.05) is 49.6 Å². The van der Waals surface area contributed by atoms with Gasteiger partial charge in [0.2, 0.25) is 0 Å². The van der Waals surface area contributed by atoms with Gasteiger partial charge in [-0.25, -0.2) is 0 Å². The van der Waals surface area contributed by atoms with E-state index in [1.54, 1.807) is 23.1 Å². The lowest BCUT2D eigenvalue weighted by Crippen LogP contribution is -2.41. The van der Waals surface area contributed by atoms with Gasteiger partial charge in [-0.05, 0) is 72.7 Å². The number of benzene rings is 2. The van der Waals surface area contributed by atoms with E-state index in [9.17, 15) is 13.6 Å². The number of hydrazone groups is 1. The third-order valence-corrected chi connectivity index (χ3v) is 6.64. The number of carbonyl (C=O) groups is 1. The summed E-state index contributed by atoms with van der Waals surface area (Å²) in [4.78, 5) is 15.6. The minimum absolute atomic E-state index is 0.0669. The van der Waals surface area contributed by atoms with Gasteiger partial charge in [-0.2, -0.15) is 8.78 Å². The Morgan fingerprint density at radius 3 is 2.50 bits per heavy atom. The van der Waals surface area contributed by atoms with Crippen molar-refractivity contribution < 1.29 is 18.3 Å². The molecule has 2 N–H and O–H groups in total. The Kier molecular flexibility index (Phi) is 8.12. The van der Waals surface area contributed by atoms with Crippen LogP contribution in [0.15, 0.2) is 64.6 Å². The first-order valence-corrected chi connectivity index (χ1v) is 12.2. The molecule has 0 spiro atoms. The Morgan fingerprint density at radius 1 is 1.12 bits per heavy atom. The van der Waals surface area contributed by atoms with E-state index in [-0.39, 0.29) is 17.7 Å². The van der Waals surface area contributed by atoms with Gasteiger partial charge in [0.25, 0.3) is 5.91 Å². The number of thioether (sulfide) groups is 1. The minimum atomic E-state index is -2.88. The minimum Gasteiger partial charge on any atom is -0.435 e. The molecule has 1 heterocycles. The van der Waals surface area contributed by atoms with Crippen LogP contribution in [0, 0.1) is 0 Å². The molecular formula is C24H24F2N4O2S2. The Morgan fingerprint density at radius 2 is 1.82 bits per heavy atom. The molecule has 1 aliphatic heterocycles. The van der Waals surface area contributed by atoms with E-state index in [4.69, 9.17) is 12.2 Å². The second-order valence-corrected chi connectivity index (χ2v) is 9.27. The number of hydrogen-bond donors (Lipinski definition) is 2. The van der Waals surface area contributed by atoms with Crippen molar-refractivity contribution in [3.05, 3.63) is 65.1 Å². The Bertz CT molecular complexity index is 1070. The average Bonchev–Trinajstić information content (AvgIpc) is 3.14. The number of halogens is 2. The summed E-state index contributed by atoms with van der Waals surface area (Å²) < 4.78 is 29.2. The first-order valence-electron chi connectivity index (χ1n) is 11.0. The largest absolute Gasteiger partial charge is 0.435 e. The zero-order valence-electron chi connectivity index (χ0n) is 18.2. The number of para-hydroxylation sites is 1. The molecule has 34 heavy (non-hydrogen) atoms. The van der Waals surface area contributed by atoms with Gasteiger partial charge in [-0.3, -0.25) is 15.1 Å². The third kappa shape index (κ3) is 6.32. The first kappa shape index (κ1) is 24.2. The molecule has 6 nitrogen and oxygen atoms in total. The molecule has 4 rings (SSSR count). The lowest BCUT2D eigenvalue weighted by atomic mass is 9.94. The van der Waals surface area contributed by atoms with E-state index in [1.807, 2.05) is 30.3 Å². The molecule has 10 heteroatoms. The number of hydrogen-bond acceptors (Lipinski definition) is 5. The van der Waals surface area contributed by atoms with Crippen molar-refractivity contribution in [3.8, 4) is 5.75 Å². The number of ether oxygens (including phenoxy) is 1. The maximum Gasteiger partial charge on any atom is 0.387 e. The van der Waals surface area contributed by atoms with Crippen molar-refractivity contribution in [2.24, 2.45) is 5.10 Å². The van der Waals surface area contributed by atoms with Crippen LogP contribution in [-0.2, 0) is 4.79 Å². The Balaban J connectivity index is 1.52. The van der Waals surface area contributed by atoms with Crippen LogP contribution in [-0.4, -0.2) is 33.7 Å². The SMILES string of the molecule is O=C1/C(=C/c2ccc(OC(F)F)cc2)S/C(=N\NC(=S)Nc2ccccc2)N1C1CCCCC1. The number of amidine groups is 1. The molecule has 0 unspecified atom stereocenters. The van der Waals surface area contributed by atoms with Gasteiger partial charge in [0.1, 0.15) is 5.75 Å². The van der Waals surface area contributed by atoms with E-state index < -0.39 is 6.61 Å². The Labute approximate surface area is 206 Å². The van der Waals surface area contributed by atoms with Crippen LogP contribution < -0.4 is 15.5 Å². The van der Waals surface area contributed by atoms with Crippen molar-refractivity contribution in [3.63, 3.8) is 0 Å². The summed E-state index contributed by atoms with van der Waals surface area (Å²) in [5.74, 6) is -0.0513. The van der Waals surface area contributed by atoms with Crippen LogP contribution in [0.3, 0.4) is 0 Å². The van der Waals surface area contributed by atoms with Crippen LogP contribution >= 0.6 is 24.0 Å². The fourth-order valence-corrected chi connectivity index (χ4v) is 5.06. The molecule has 0 bridgehead atoms. The quantitative estimate of drug-likeness (QED) is 0.296. The molecule has 2 fully saturated rings. The predicted octanol–water partition coefficient (Wildman–Crippen LogP) is 5.79. The molecular weight excluding hydrogens is 478 g/mol. The van der Waals surface area contributed by atoms with Gasteiger partial charge in [0, 0.05) is 11.7 Å². The molecule has 1 aliphatic carbocycles. The Hall–Kier alpha value is -2.98. The highest BCUT2D eigenvalue weighted by Crippen LogP contribution is 2.37. The van der Waals surface area contributed by atoms with Crippen LogP contribution in [0.25, 0.3) is 6.08 Å². The maximum absolute atomic E-state index is 13.3. The van der Waals surface area contributed by atoms with Crippen LogP contribution in [0.2, 0.25) is 0 Å². The normalized spacial score (nSPS) is 19.1. The van der Waals surface area contributed by atoms with Gasteiger partial charge < -0.3 is 10.1 Å². The summed E-state index contributed by atoms with van der Waals surface area (Å²) in [5.41, 5.74) is 4.39. The highest BCUT2D eigenvalue weighted by Gasteiger charge is 2.38. The molecule has 1 saturated heterocycles. The highest BCUT2D eigenvalue weighted by molar-refractivity contribution is 8.18. The zero-order chi connectivity index (χ0) is 23.9. The fraction of sp³-hybridized carbons (Fsp3) is 0.292. The zero-order valence-corrected chi connectivity index (χ0v) is 19.9. The number of anilines is 1. The molecule has 0 radical (unpaired) electrons. The van der Waals surface area contributed by atoms with Gasteiger partial charge in [-0.15, -0.1) is 5.10 Å². The van der Waals surface area contributed by atoms with Crippen LogP contribution in [0.4, 0.5) is 14.5 Å². The number of amides is 1. The summed E-state index contributed by atoms with van der Waals surface area (Å²) in [7, 11) is 0. The van der Waals surface area contributed by atoms with E-state index in [1.165, 1.54) is 23.9 Å². The summed E-state index contributed by atoms with van der Waals surface area (Å²) in [6.45, 7) is -2.88. The topological polar surface area (TPSA) is 66.0 Å². The predicted molar refractivity (Wildman–Crippen MR) is 136 cm³/mol. The molecule has 0 aromatic heterocycles. The fourth-order valence-electron chi connectivity index (χ4n) is 3.90. The standard InChI is InChI=1S/C24H24F2N4O2S2/c25-22(26)32-19-13-11-16(12-14-19)15-20-21(31)30(18-9-5-2-6-10-18)24(34-20)29-28-23(33)27-17-7-3-1-4-8-17/h1,3-4,7-8,11-15,18,22H,2,5-6,9-10H2,(H2,27,28,33)/b20-15-,29-24-. The summed E-state index contributed by atoms with van der Waals surface area (Å²) in [5, 5.41) is 8.38. The molecule has 2 aliphatic rings. The van der Waals surface area contributed by atoms with E-state index >= 15 is 0 Å². The van der Waals surface area contributed by atoms with Crippen molar-refractivity contribution >= 4 is 51.9 Å². The maximum atomic E-state index is 13.3. The van der Waals surface area contributed by atoms with Crippen molar-refractivity contribution in [2.75, 3.05) is 5.32 Å². The van der Waals surface area contributed by atoms with Gasteiger partial charge in [0.05, 0.1) is 4.91 Å². The molecule has 178 valence electrons. The number of alkyl halides is 2. The average molecular weight is 503 g/mol. The molecule has 1 amide bonds. The number of carbonyl (C=O) groups excluding carboxylic acids is 1. The molecule has 1 saturated carbocycles. The lowest BCUT2D eigenvalue weighted by Gasteiger charge is -2.30. The summed E-state index contributed by atoms with van der Waals surface area (Å²) in [6, 6.07) is 15.7. The van der Waals surface area contributed by atoms with E-state index in [0.717, 1.165) is 37.8 Å². The molecule has 0 atom stereocenters. The smallest absolute Gasteiger partial charge is 0.387 e. The number of thiocarbonyl (C=S) groups is 1. The number of nitrogens with zero attached hydrogens (tertiary/aromatic N) is 2. The third-order valence-electron chi connectivity index (χ3n) is 5.46. The van der Waals surface area contributed by atoms with Crippen LogP contribution in [0.1, 0.15) is 37.7 Å². The lowest BCUT2D eigenvalue weighted by molar-refractivity contribution is -0.124. The monoisotopic (exact) mass is 502 g/mol. The van der Waals surface area contributed by atoms with Crippen molar-refractivity contribution in [1.29, 1.82) is 0 Å². The van der Waals surface area contributed by atoms with Crippen molar-refractivity contribution in [2.45, 2.75) is 44.8 Å². The summed E-state index contributed by atoms with van der Waals surface area (Å²) in [6.07, 6.45) is 6.88.